The van der Waals surface area contributed by atoms with E-state index < -0.39 is 10.0 Å². The lowest BCUT2D eigenvalue weighted by atomic mass is 9.80. The fourth-order valence-electron chi connectivity index (χ4n) is 5.69. The maximum Gasteiger partial charge on any atom is 0.230 e. The van der Waals surface area contributed by atoms with Crippen molar-refractivity contribution in [2.45, 2.75) is 37.6 Å². The summed E-state index contributed by atoms with van der Waals surface area (Å²) in [5.74, 6) is 0.807. The molecule has 2 fully saturated rings. The van der Waals surface area contributed by atoms with E-state index in [0.29, 0.717) is 45.2 Å². The molecule has 2 amide bonds. The average molecular weight is 516 g/mol. The number of nitrogens with one attached hydrogen (secondary N) is 1. The molecule has 0 spiro atoms. The van der Waals surface area contributed by atoms with Crippen molar-refractivity contribution in [3.63, 3.8) is 0 Å². The topological polar surface area (TPSA) is 105 Å². The summed E-state index contributed by atoms with van der Waals surface area (Å²) in [5.41, 5.74) is 1.04. The van der Waals surface area contributed by atoms with Gasteiger partial charge < -0.3 is 9.47 Å². The minimum Gasteiger partial charge on any atom is -0.493 e. The van der Waals surface area contributed by atoms with Gasteiger partial charge in [0.15, 0.2) is 0 Å². The van der Waals surface area contributed by atoms with Crippen LogP contribution >= 0.6 is 0 Å². The first kappa shape index (κ1) is 25.0. The molecule has 36 heavy (non-hydrogen) atoms. The Morgan fingerprint density at radius 3 is 2.61 bits per heavy atom. The summed E-state index contributed by atoms with van der Waals surface area (Å²) in [6, 6.07) is 10.3. The van der Waals surface area contributed by atoms with E-state index in [1.54, 1.807) is 4.31 Å². The molecule has 0 aliphatic carbocycles. The Balaban J connectivity index is 1.21. The zero-order valence-corrected chi connectivity index (χ0v) is 21.6. The van der Waals surface area contributed by atoms with Gasteiger partial charge >= 0.3 is 0 Å². The molecule has 2 saturated heterocycles. The number of piperidine rings is 2. The fourth-order valence-corrected chi connectivity index (χ4v) is 6.56. The van der Waals surface area contributed by atoms with Crippen LogP contribution in [0.2, 0.25) is 0 Å². The van der Waals surface area contributed by atoms with E-state index in [1.165, 1.54) is 6.26 Å². The number of rotatable bonds is 7. The van der Waals surface area contributed by atoms with Crippen LogP contribution in [-0.2, 0) is 19.6 Å². The molecule has 2 aromatic carbocycles. The minimum absolute atomic E-state index is 0.0775. The van der Waals surface area contributed by atoms with Gasteiger partial charge in [-0.2, -0.15) is 0 Å². The maximum atomic E-state index is 12.5. The predicted octanol–water partition coefficient (Wildman–Crippen LogP) is 2.10. The van der Waals surface area contributed by atoms with E-state index in [9.17, 15) is 18.0 Å². The number of ether oxygens (including phenoxy) is 2. The van der Waals surface area contributed by atoms with Crippen molar-refractivity contribution in [1.82, 2.24) is 14.5 Å². The van der Waals surface area contributed by atoms with Gasteiger partial charge in [-0.3, -0.25) is 19.8 Å². The molecular formula is C26H33N3O6S. The van der Waals surface area contributed by atoms with Gasteiger partial charge in [0.25, 0.3) is 0 Å². The second-order valence-corrected chi connectivity index (χ2v) is 12.0. The molecule has 1 N–H and O–H groups in total. The smallest absolute Gasteiger partial charge is 0.230 e. The van der Waals surface area contributed by atoms with E-state index in [0.717, 1.165) is 47.2 Å². The molecule has 0 saturated carbocycles. The summed E-state index contributed by atoms with van der Waals surface area (Å²) >= 11 is 0. The third-order valence-corrected chi connectivity index (χ3v) is 9.08. The van der Waals surface area contributed by atoms with E-state index in [-0.39, 0.29) is 23.7 Å². The van der Waals surface area contributed by atoms with Crippen molar-refractivity contribution in [3.05, 3.63) is 35.9 Å². The molecule has 10 heteroatoms. The van der Waals surface area contributed by atoms with Gasteiger partial charge in [0.05, 0.1) is 12.9 Å². The molecule has 1 unspecified atom stereocenters. The van der Waals surface area contributed by atoms with Crippen LogP contribution in [0.25, 0.3) is 10.8 Å². The van der Waals surface area contributed by atoms with Crippen molar-refractivity contribution in [2.24, 2.45) is 5.92 Å². The minimum atomic E-state index is -3.12. The highest BCUT2D eigenvalue weighted by Crippen LogP contribution is 2.45. The molecule has 3 aliphatic rings. The van der Waals surface area contributed by atoms with Crippen molar-refractivity contribution < 1.29 is 27.5 Å². The standard InChI is InChI=1S/C26H33N3O6S/c1-28(18-9-11-29(12-10-18)36(2,32)33)13-14-34-19-4-5-20-17(15-19)3-7-23-25(20)22(16-35-23)21-6-8-24(30)27-26(21)31/h3-5,7,15,18,21-22H,6,8-14,16H2,1-2H3,(H,27,30,31)/t21-,22?/m1/s1. The second-order valence-electron chi connectivity index (χ2n) is 10.1. The molecule has 0 aromatic heterocycles. The highest BCUT2D eigenvalue weighted by Gasteiger charge is 2.39. The Morgan fingerprint density at radius 2 is 1.89 bits per heavy atom. The van der Waals surface area contributed by atoms with Crippen LogP contribution in [0.5, 0.6) is 11.5 Å². The highest BCUT2D eigenvalue weighted by atomic mass is 32.2. The summed E-state index contributed by atoms with van der Waals surface area (Å²) in [6.07, 6.45) is 3.81. The van der Waals surface area contributed by atoms with Crippen molar-refractivity contribution in [1.29, 1.82) is 0 Å². The number of hydrogen-bond acceptors (Lipinski definition) is 7. The van der Waals surface area contributed by atoms with Crippen LogP contribution in [-0.4, -0.2) is 81.6 Å². The first-order chi connectivity index (χ1) is 17.2. The lowest BCUT2D eigenvalue weighted by molar-refractivity contribution is -0.137. The van der Waals surface area contributed by atoms with Gasteiger partial charge in [0.2, 0.25) is 21.8 Å². The summed E-state index contributed by atoms with van der Waals surface area (Å²) < 4.78 is 37.0. The number of imide groups is 1. The normalized spacial score (nSPS) is 23.5. The van der Waals surface area contributed by atoms with Crippen molar-refractivity contribution >= 4 is 32.6 Å². The van der Waals surface area contributed by atoms with Crippen molar-refractivity contribution in [2.75, 3.05) is 46.2 Å². The first-order valence-corrected chi connectivity index (χ1v) is 14.4. The van der Waals surface area contributed by atoms with Gasteiger partial charge in [0.1, 0.15) is 18.1 Å². The molecule has 194 valence electrons. The van der Waals surface area contributed by atoms with E-state index in [2.05, 4.69) is 17.3 Å². The lowest BCUT2D eigenvalue weighted by Gasteiger charge is -2.35. The first-order valence-electron chi connectivity index (χ1n) is 12.5. The monoisotopic (exact) mass is 515 g/mol. The molecule has 0 bridgehead atoms. The fraction of sp³-hybridized carbons (Fsp3) is 0.538. The Hall–Kier alpha value is -2.69. The van der Waals surface area contributed by atoms with Crippen LogP contribution in [0.4, 0.5) is 0 Å². The predicted molar refractivity (Wildman–Crippen MR) is 136 cm³/mol. The average Bonchev–Trinajstić information content (AvgIpc) is 3.28. The Morgan fingerprint density at radius 1 is 1.11 bits per heavy atom. The van der Waals surface area contributed by atoms with Crippen LogP contribution in [0.1, 0.15) is 37.2 Å². The summed E-state index contributed by atoms with van der Waals surface area (Å²) in [6.45, 7) is 2.84. The number of sulfonamides is 1. The summed E-state index contributed by atoms with van der Waals surface area (Å²) in [4.78, 5) is 26.3. The SMILES string of the molecule is CN(CCOc1ccc2c3c(ccc2c1)OCC3[C@H]1CCC(=O)NC1=O)C1CCN(S(C)(=O)=O)CC1. The second kappa shape index (κ2) is 9.99. The Kier molecular flexibility index (Phi) is 6.93. The number of likely N-dealkylation sites (N-methyl/N-ethyl adjacent to an activating group) is 1. The summed E-state index contributed by atoms with van der Waals surface area (Å²) in [5, 5.41) is 4.54. The molecule has 2 atom stereocenters. The van der Waals surface area contributed by atoms with E-state index in [4.69, 9.17) is 9.47 Å². The van der Waals surface area contributed by atoms with Crippen LogP contribution < -0.4 is 14.8 Å². The molecule has 3 aliphatic heterocycles. The molecule has 3 heterocycles. The largest absolute Gasteiger partial charge is 0.493 e. The zero-order chi connectivity index (χ0) is 25.4. The number of nitrogens with zero attached hydrogens (tertiary/aromatic N) is 2. The van der Waals surface area contributed by atoms with E-state index >= 15 is 0 Å². The molecular weight excluding hydrogens is 482 g/mol. The van der Waals surface area contributed by atoms with Gasteiger partial charge in [-0.1, -0.05) is 12.1 Å². The third-order valence-electron chi connectivity index (χ3n) is 7.78. The number of amides is 2. The van der Waals surface area contributed by atoms with Crippen LogP contribution in [0.3, 0.4) is 0 Å². The number of hydrogen-bond donors (Lipinski definition) is 1. The Bertz CT molecular complexity index is 1270. The van der Waals surface area contributed by atoms with Crippen LogP contribution in [0.15, 0.2) is 30.3 Å². The highest BCUT2D eigenvalue weighted by molar-refractivity contribution is 7.88. The van der Waals surface area contributed by atoms with Crippen LogP contribution in [0, 0.1) is 5.92 Å². The number of fused-ring (bicyclic) bond motifs is 3. The molecule has 0 radical (unpaired) electrons. The molecule has 2 aromatic rings. The van der Waals surface area contributed by atoms with Gasteiger partial charge in [-0.25, -0.2) is 12.7 Å². The third kappa shape index (κ3) is 5.07. The zero-order valence-electron chi connectivity index (χ0n) is 20.7. The number of carbonyl (C=O) groups is 2. The van der Waals surface area contributed by atoms with Crippen molar-refractivity contribution in [3.8, 4) is 11.5 Å². The van der Waals surface area contributed by atoms with E-state index in [1.807, 2.05) is 30.3 Å². The van der Waals surface area contributed by atoms with Gasteiger partial charge in [-0.15, -0.1) is 0 Å². The Labute approximate surface area is 211 Å². The van der Waals surface area contributed by atoms with Gasteiger partial charge in [0, 0.05) is 49.5 Å². The molecule has 5 rings (SSSR count). The molecule has 9 nitrogen and oxygen atoms in total. The quantitative estimate of drug-likeness (QED) is 0.563. The maximum absolute atomic E-state index is 12.5. The number of carbonyl (C=O) groups excluding carboxylic acids is 2. The lowest BCUT2D eigenvalue weighted by Crippen LogP contribution is -2.46. The number of benzene rings is 2. The summed E-state index contributed by atoms with van der Waals surface area (Å²) in [7, 11) is -1.06. The van der Waals surface area contributed by atoms with Gasteiger partial charge in [-0.05, 0) is 55.3 Å².